The van der Waals surface area contributed by atoms with Crippen molar-refractivity contribution in [2.75, 3.05) is 13.8 Å². The van der Waals surface area contributed by atoms with Crippen LogP contribution in [-0.2, 0) is 11.3 Å². The Labute approximate surface area is 66.4 Å². The number of nitrogens with zero attached hydrogens (tertiary/aromatic N) is 1. The summed E-state index contributed by atoms with van der Waals surface area (Å²) < 4.78 is 4.84. The van der Waals surface area contributed by atoms with Gasteiger partial charge in [0.15, 0.2) is 0 Å². The van der Waals surface area contributed by atoms with Crippen LogP contribution in [0.4, 0.5) is 0 Å². The van der Waals surface area contributed by atoms with Crippen molar-refractivity contribution in [3.63, 3.8) is 0 Å². The molecule has 0 fully saturated rings. The van der Waals surface area contributed by atoms with E-state index in [0.29, 0.717) is 6.73 Å². The first-order chi connectivity index (χ1) is 5.43. The van der Waals surface area contributed by atoms with E-state index in [9.17, 15) is 0 Å². The van der Waals surface area contributed by atoms with Gasteiger partial charge in [-0.15, -0.1) is 0 Å². The fourth-order valence-electron chi connectivity index (χ4n) is 0.798. The van der Waals surface area contributed by atoms with Crippen LogP contribution in [0.1, 0.15) is 5.56 Å². The number of methoxy groups -OCH3 is 1. The summed E-state index contributed by atoms with van der Waals surface area (Å²) in [5.41, 5.74) is 1.22. The molecule has 0 saturated carbocycles. The first-order valence-electron chi connectivity index (χ1n) is 3.52. The highest BCUT2D eigenvalue weighted by Gasteiger charge is 1.88. The zero-order valence-electron chi connectivity index (χ0n) is 6.58. The molecule has 0 amide bonds. The van der Waals surface area contributed by atoms with Gasteiger partial charge in [0, 0.05) is 26.0 Å². The Hall–Kier alpha value is -0.930. The zero-order valence-corrected chi connectivity index (χ0v) is 6.58. The molecule has 0 radical (unpaired) electrons. The second kappa shape index (κ2) is 4.82. The standard InChI is InChI=1S/C8H12N2O/c1-11-7-10-6-8-2-4-9-5-3-8/h2-5,10H,6-7H2,1H3. The molecule has 0 aliphatic rings. The molecule has 1 rings (SSSR count). The molecule has 3 heteroatoms. The van der Waals surface area contributed by atoms with E-state index in [1.54, 1.807) is 19.5 Å². The number of hydrogen-bond donors (Lipinski definition) is 1. The van der Waals surface area contributed by atoms with Gasteiger partial charge in [0.1, 0.15) is 0 Å². The Morgan fingerprint density at radius 2 is 2.18 bits per heavy atom. The smallest absolute Gasteiger partial charge is 0.0964 e. The van der Waals surface area contributed by atoms with E-state index in [0.717, 1.165) is 6.54 Å². The second-order valence-corrected chi connectivity index (χ2v) is 2.22. The van der Waals surface area contributed by atoms with Gasteiger partial charge in [0.25, 0.3) is 0 Å². The lowest BCUT2D eigenvalue weighted by Crippen LogP contribution is -2.15. The molecule has 0 bridgehead atoms. The fourth-order valence-corrected chi connectivity index (χ4v) is 0.798. The average Bonchev–Trinajstić information content (AvgIpc) is 2.07. The van der Waals surface area contributed by atoms with Crippen LogP contribution < -0.4 is 5.32 Å². The molecular weight excluding hydrogens is 140 g/mol. The summed E-state index contributed by atoms with van der Waals surface area (Å²) in [6.45, 7) is 1.42. The molecule has 0 atom stereocenters. The normalized spacial score (nSPS) is 9.91. The van der Waals surface area contributed by atoms with Crippen LogP contribution in [0.15, 0.2) is 24.5 Å². The molecule has 0 aliphatic heterocycles. The van der Waals surface area contributed by atoms with Crippen molar-refractivity contribution in [3.05, 3.63) is 30.1 Å². The van der Waals surface area contributed by atoms with Crippen molar-refractivity contribution in [3.8, 4) is 0 Å². The van der Waals surface area contributed by atoms with E-state index in [4.69, 9.17) is 4.74 Å². The number of rotatable bonds is 4. The third kappa shape index (κ3) is 3.11. The number of nitrogens with one attached hydrogen (secondary N) is 1. The van der Waals surface area contributed by atoms with E-state index in [1.165, 1.54) is 5.56 Å². The van der Waals surface area contributed by atoms with Crippen molar-refractivity contribution < 1.29 is 4.74 Å². The first kappa shape index (κ1) is 8.17. The summed E-state index contributed by atoms with van der Waals surface area (Å²) in [7, 11) is 1.67. The van der Waals surface area contributed by atoms with E-state index >= 15 is 0 Å². The molecule has 0 spiro atoms. The Bertz CT molecular complexity index is 189. The largest absolute Gasteiger partial charge is 0.370 e. The van der Waals surface area contributed by atoms with E-state index in [-0.39, 0.29) is 0 Å². The van der Waals surface area contributed by atoms with Gasteiger partial charge in [0.05, 0.1) is 6.73 Å². The highest BCUT2D eigenvalue weighted by atomic mass is 16.5. The fraction of sp³-hybridized carbons (Fsp3) is 0.375. The maximum absolute atomic E-state index is 4.84. The molecule has 1 aromatic rings. The molecule has 0 aromatic carbocycles. The molecule has 0 saturated heterocycles. The Balaban J connectivity index is 2.28. The molecule has 3 nitrogen and oxygen atoms in total. The minimum Gasteiger partial charge on any atom is -0.370 e. The average molecular weight is 152 g/mol. The van der Waals surface area contributed by atoms with Crippen LogP contribution >= 0.6 is 0 Å². The monoisotopic (exact) mass is 152 g/mol. The predicted molar refractivity (Wildman–Crippen MR) is 43.0 cm³/mol. The van der Waals surface area contributed by atoms with Gasteiger partial charge in [-0.3, -0.25) is 10.3 Å². The van der Waals surface area contributed by atoms with Crippen LogP contribution in [0.3, 0.4) is 0 Å². The number of pyridine rings is 1. The summed E-state index contributed by atoms with van der Waals surface area (Å²) in [6, 6.07) is 3.95. The third-order valence-corrected chi connectivity index (χ3v) is 1.32. The quantitative estimate of drug-likeness (QED) is 0.511. The molecule has 1 N–H and O–H groups in total. The Morgan fingerprint density at radius 1 is 1.45 bits per heavy atom. The minimum absolute atomic E-state index is 0.586. The molecule has 60 valence electrons. The van der Waals surface area contributed by atoms with E-state index < -0.39 is 0 Å². The van der Waals surface area contributed by atoms with E-state index in [1.807, 2.05) is 12.1 Å². The van der Waals surface area contributed by atoms with Crippen molar-refractivity contribution in [1.82, 2.24) is 10.3 Å². The van der Waals surface area contributed by atoms with Crippen LogP contribution in [0.5, 0.6) is 0 Å². The van der Waals surface area contributed by atoms with Crippen LogP contribution in [0, 0.1) is 0 Å². The zero-order chi connectivity index (χ0) is 7.94. The van der Waals surface area contributed by atoms with Crippen LogP contribution in [-0.4, -0.2) is 18.8 Å². The topological polar surface area (TPSA) is 34.1 Å². The first-order valence-corrected chi connectivity index (χ1v) is 3.52. The van der Waals surface area contributed by atoms with Gasteiger partial charge >= 0.3 is 0 Å². The summed E-state index contributed by atoms with van der Waals surface area (Å²) in [5.74, 6) is 0. The predicted octanol–water partition coefficient (Wildman–Crippen LogP) is 0.775. The maximum Gasteiger partial charge on any atom is 0.0964 e. The highest BCUT2D eigenvalue weighted by molar-refractivity contribution is 5.08. The number of hydrogen-bond acceptors (Lipinski definition) is 3. The maximum atomic E-state index is 4.84. The second-order valence-electron chi connectivity index (χ2n) is 2.22. The summed E-state index contributed by atoms with van der Waals surface area (Å²) in [4.78, 5) is 3.91. The van der Waals surface area contributed by atoms with Crippen molar-refractivity contribution in [2.24, 2.45) is 0 Å². The third-order valence-electron chi connectivity index (χ3n) is 1.32. The lowest BCUT2D eigenvalue weighted by molar-refractivity contribution is 0.174. The van der Waals surface area contributed by atoms with Crippen molar-refractivity contribution >= 4 is 0 Å². The molecular formula is C8H12N2O. The van der Waals surface area contributed by atoms with Gasteiger partial charge in [-0.05, 0) is 17.7 Å². The van der Waals surface area contributed by atoms with Crippen LogP contribution in [0.2, 0.25) is 0 Å². The van der Waals surface area contributed by atoms with E-state index in [2.05, 4.69) is 10.3 Å². The van der Waals surface area contributed by atoms with Gasteiger partial charge in [-0.25, -0.2) is 0 Å². The number of ether oxygens (including phenoxy) is 1. The Morgan fingerprint density at radius 3 is 2.82 bits per heavy atom. The molecule has 0 aliphatic carbocycles. The highest BCUT2D eigenvalue weighted by Crippen LogP contribution is 1.93. The minimum atomic E-state index is 0.586. The van der Waals surface area contributed by atoms with Gasteiger partial charge in [-0.2, -0.15) is 0 Å². The van der Waals surface area contributed by atoms with Gasteiger partial charge < -0.3 is 4.74 Å². The molecule has 11 heavy (non-hydrogen) atoms. The van der Waals surface area contributed by atoms with Gasteiger partial charge in [0.2, 0.25) is 0 Å². The number of aromatic nitrogens is 1. The van der Waals surface area contributed by atoms with Crippen molar-refractivity contribution in [1.29, 1.82) is 0 Å². The molecule has 1 heterocycles. The SMILES string of the molecule is COCNCc1ccncc1. The summed E-state index contributed by atoms with van der Waals surface area (Å²) in [5, 5.41) is 3.10. The molecule has 1 aromatic heterocycles. The Kier molecular flexibility index (Phi) is 3.58. The van der Waals surface area contributed by atoms with Crippen LogP contribution in [0.25, 0.3) is 0 Å². The summed E-state index contributed by atoms with van der Waals surface area (Å²) >= 11 is 0. The lowest BCUT2D eigenvalue weighted by Gasteiger charge is -2.01. The summed E-state index contributed by atoms with van der Waals surface area (Å²) in [6.07, 6.45) is 3.56. The molecule has 0 unspecified atom stereocenters. The van der Waals surface area contributed by atoms with Crippen molar-refractivity contribution in [2.45, 2.75) is 6.54 Å². The lowest BCUT2D eigenvalue weighted by atomic mass is 10.3. The van der Waals surface area contributed by atoms with Gasteiger partial charge in [-0.1, -0.05) is 0 Å².